The first-order chi connectivity index (χ1) is 10.3. The van der Waals surface area contributed by atoms with Gasteiger partial charge in [0.15, 0.2) is 6.04 Å². The van der Waals surface area contributed by atoms with Crippen molar-refractivity contribution in [3.8, 4) is 0 Å². The Balaban J connectivity index is 1.87. The summed E-state index contributed by atoms with van der Waals surface area (Å²) in [5.74, 6) is -0.530. The van der Waals surface area contributed by atoms with Crippen LogP contribution in [0.15, 0.2) is 30.3 Å². The number of ether oxygens (including phenoxy) is 3. The molecule has 1 saturated heterocycles. The summed E-state index contributed by atoms with van der Waals surface area (Å²) in [6.07, 6.45) is -1.01. The molecule has 22 heavy (non-hydrogen) atoms. The molecular weight excluding hydrogens is 286 g/mol. The minimum atomic E-state index is -0.849. The van der Waals surface area contributed by atoms with Crippen molar-refractivity contribution in [2.75, 3.05) is 6.61 Å². The molecule has 1 fully saturated rings. The number of hydrogen-bond acceptors (Lipinski definition) is 5. The lowest BCUT2D eigenvalue weighted by Gasteiger charge is -2.22. The standard InChI is InChI=1S/C16H21NO5/c1-16(2,3)22-15(19)17-13(12-10-20-12)14(18)21-9-11-7-5-4-6-8-11/h4-8,12-13H,9-10H2,1-3H3,(H,17,19)/t12?,13-/m0/s1. The maximum absolute atomic E-state index is 12.1. The summed E-state index contributed by atoms with van der Waals surface area (Å²) in [4.78, 5) is 23.9. The monoisotopic (exact) mass is 307 g/mol. The van der Waals surface area contributed by atoms with Crippen LogP contribution >= 0.6 is 0 Å². The topological polar surface area (TPSA) is 77.2 Å². The number of benzene rings is 1. The molecule has 6 nitrogen and oxygen atoms in total. The molecule has 0 radical (unpaired) electrons. The van der Waals surface area contributed by atoms with Gasteiger partial charge in [-0.15, -0.1) is 0 Å². The lowest BCUT2D eigenvalue weighted by Crippen LogP contribution is -2.47. The highest BCUT2D eigenvalue weighted by Crippen LogP contribution is 2.17. The molecule has 1 amide bonds. The maximum Gasteiger partial charge on any atom is 0.408 e. The van der Waals surface area contributed by atoms with Crippen LogP contribution in [0.25, 0.3) is 0 Å². The van der Waals surface area contributed by atoms with Crippen molar-refractivity contribution in [3.05, 3.63) is 35.9 Å². The normalized spacial score (nSPS) is 18.2. The third-order valence-electron chi connectivity index (χ3n) is 2.88. The van der Waals surface area contributed by atoms with E-state index in [1.165, 1.54) is 0 Å². The molecule has 1 aliphatic heterocycles. The van der Waals surface area contributed by atoms with Crippen molar-refractivity contribution in [3.63, 3.8) is 0 Å². The highest BCUT2D eigenvalue weighted by molar-refractivity contribution is 5.82. The molecule has 0 aliphatic carbocycles. The summed E-state index contributed by atoms with van der Waals surface area (Å²) >= 11 is 0. The highest BCUT2D eigenvalue weighted by atomic mass is 16.6. The van der Waals surface area contributed by atoms with E-state index in [1.807, 2.05) is 30.3 Å². The average Bonchev–Trinajstić information content (AvgIpc) is 3.26. The summed E-state index contributed by atoms with van der Waals surface area (Å²) in [5, 5.41) is 2.51. The van der Waals surface area contributed by atoms with Crippen molar-refractivity contribution in [2.45, 2.75) is 45.1 Å². The van der Waals surface area contributed by atoms with Crippen molar-refractivity contribution in [1.82, 2.24) is 5.32 Å². The van der Waals surface area contributed by atoms with Crippen molar-refractivity contribution < 1.29 is 23.8 Å². The van der Waals surface area contributed by atoms with Gasteiger partial charge in [-0.1, -0.05) is 30.3 Å². The second-order valence-corrected chi connectivity index (χ2v) is 6.09. The van der Waals surface area contributed by atoms with Crippen LogP contribution in [-0.2, 0) is 25.6 Å². The zero-order valence-electron chi connectivity index (χ0n) is 13.0. The Labute approximate surface area is 129 Å². The van der Waals surface area contributed by atoms with Gasteiger partial charge in [0.05, 0.1) is 6.61 Å². The fourth-order valence-electron chi connectivity index (χ4n) is 1.80. The van der Waals surface area contributed by atoms with Gasteiger partial charge in [-0.05, 0) is 26.3 Å². The summed E-state index contributed by atoms with van der Waals surface area (Å²) in [6.45, 7) is 5.83. The van der Waals surface area contributed by atoms with Crippen LogP contribution in [0, 0.1) is 0 Å². The Morgan fingerprint density at radius 1 is 1.32 bits per heavy atom. The predicted octanol–water partition coefficient (Wildman–Crippen LogP) is 2.02. The van der Waals surface area contributed by atoms with E-state index in [4.69, 9.17) is 14.2 Å². The Kier molecular flexibility index (Phi) is 5.03. The summed E-state index contributed by atoms with van der Waals surface area (Å²) in [6, 6.07) is 8.48. The van der Waals surface area contributed by atoms with Crippen LogP contribution < -0.4 is 5.32 Å². The lowest BCUT2D eigenvalue weighted by atomic mass is 10.2. The van der Waals surface area contributed by atoms with Crippen LogP contribution in [0.1, 0.15) is 26.3 Å². The van der Waals surface area contributed by atoms with E-state index in [-0.39, 0.29) is 12.7 Å². The van der Waals surface area contributed by atoms with Crippen LogP contribution in [0.5, 0.6) is 0 Å². The van der Waals surface area contributed by atoms with E-state index in [0.717, 1.165) is 5.56 Å². The highest BCUT2D eigenvalue weighted by Gasteiger charge is 2.41. The predicted molar refractivity (Wildman–Crippen MR) is 79.1 cm³/mol. The van der Waals surface area contributed by atoms with Crippen molar-refractivity contribution in [1.29, 1.82) is 0 Å². The molecule has 1 N–H and O–H groups in total. The number of amides is 1. The molecule has 1 heterocycles. The third-order valence-corrected chi connectivity index (χ3v) is 2.88. The molecular formula is C16H21NO5. The number of nitrogens with one attached hydrogen (secondary N) is 1. The molecule has 0 aromatic heterocycles. The molecule has 1 aromatic carbocycles. The molecule has 0 spiro atoms. The SMILES string of the molecule is CC(C)(C)OC(=O)N[C@H](C(=O)OCc1ccccc1)C1CO1. The molecule has 6 heteroatoms. The summed E-state index contributed by atoms with van der Waals surface area (Å²) < 4.78 is 15.5. The van der Waals surface area contributed by atoms with E-state index in [1.54, 1.807) is 20.8 Å². The third kappa shape index (κ3) is 5.37. The van der Waals surface area contributed by atoms with E-state index in [9.17, 15) is 9.59 Å². The maximum atomic E-state index is 12.1. The fourth-order valence-corrected chi connectivity index (χ4v) is 1.80. The number of epoxide rings is 1. The first-order valence-electron chi connectivity index (χ1n) is 7.17. The molecule has 1 unspecified atom stereocenters. The molecule has 2 rings (SSSR count). The zero-order valence-corrected chi connectivity index (χ0v) is 13.0. The number of hydrogen-bond donors (Lipinski definition) is 1. The van der Waals surface area contributed by atoms with Gasteiger partial charge < -0.3 is 19.5 Å². The average molecular weight is 307 g/mol. The summed E-state index contributed by atoms with van der Waals surface area (Å²) in [5.41, 5.74) is 0.246. The second kappa shape index (κ2) is 6.79. The molecule has 0 bridgehead atoms. The van der Waals surface area contributed by atoms with Gasteiger partial charge in [0.1, 0.15) is 18.3 Å². The van der Waals surface area contributed by atoms with Crippen LogP contribution in [-0.4, -0.2) is 36.4 Å². The number of esters is 1. The van der Waals surface area contributed by atoms with Gasteiger partial charge in [0.25, 0.3) is 0 Å². The lowest BCUT2D eigenvalue weighted by molar-refractivity contribution is -0.148. The minimum absolute atomic E-state index is 0.152. The van der Waals surface area contributed by atoms with Gasteiger partial charge in [-0.25, -0.2) is 9.59 Å². The molecule has 1 aromatic rings. The molecule has 120 valence electrons. The van der Waals surface area contributed by atoms with E-state index in [0.29, 0.717) is 6.61 Å². The number of alkyl carbamates (subject to hydrolysis) is 1. The first-order valence-corrected chi connectivity index (χ1v) is 7.17. The van der Waals surface area contributed by atoms with Crippen LogP contribution in [0.2, 0.25) is 0 Å². The Bertz CT molecular complexity index is 519. The Morgan fingerprint density at radius 3 is 2.50 bits per heavy atom. The quantitative estimate of drug-likeness (QED) is 0.665. The number of carbonyl (C=O) groups is 2. The van der Waals surface area contributed by atoms with Gasteiger partial charge in [0.2, 0.25) is 0 Å². The van der Waals surface area contributed by atoms with Crippen molar-refractivity contribution >= 4 is 12.1 Å². The fraction of sp³-hybridized carbons (Fsp3) is 0.500. The van der Waals surface area contributed by atoms with Gasteiger partial charge >= 0.3 is 12.1 Å². The zero-order chi connectivity index (χ0) is 16.2. The first kappa shape index (κ1) is 16.3. The van der Waals surface area contributed by atoms with Crippen molar-refractivity contribution in [2.24, 2.45) is 0 Å². The number of carbonyl (C=O) groups excluding carboxylic acids is 2. The van der Waals surface area contributed by atoms with Gasteiger partial charge in [-0.2, -0.15) is 0 Å². The van der Waals surface area contributed by atoms with E-state index in [2.05, 4.69) is 5.32 Å². The summed E-state index contributed by atoms with van der Waals surface area (Å²) in [7, 11) is 0. The molecule has 2 atom stereocenters. The van der Waals surface area contributed by atoms with E-state index >= 15 is 0 Å². The molecule has 0 saturated carbocycles. The second-order valence-electron chi connectivity index (χ2n) is 6.09. The van der Waals surface area contributed by atoms with E-state index < -0.39 is 23.7 Å². The van der Waals surface area contributed by atoms with Gasteiger partial charge in [0, 0.05) is 0 Å². The largest absolute Gasteiger partial charge is 0.459 e. The van der Waals surface area contributed by atoms with Crippen LogP contribution in [0.3, 0.4) is 0 Å². The molecule has 1 aliphatic rings. The minimum Gasteiger partial charge on any atom is -0.459 e. The Hall–Kier alpha value is -2.08. The number of rotatable bonds is 5. The van der Waals surface area contributed by atoms with Crippen LogP contribution in [0.4, 0.5) is 4.79 Å². The van der Waals surface area contributed by atoms with Gasteiger partial charge in [-0.3, -0.25) is 0 Å². The smallest absolute Gasteiger partial charge is 0.408 e. The Morgan fingerprint density at radius 2 is 1.95 bits per heavy atom.